The van der Waals surface area contributed by atoms with Crippen LogP contribution in [0.1, 0.15) is 37.5 Å². The number of nitrogens with zero attached hydrogens (tertiary/aromatic N) is 2. The van der Waals surface area contributed by atoms with Crippen LogP contribution in [-0.2, 0) is 17.8 Å². The van der Waals surface area contributed by atoms with Gasteiger partial charge in [0, 0.05) is 30.4 Å². The van der Waals surface area contributed by atoms with Gasteiger partial charge in [-0.15, -0.1) is 0 Å². The van der Waals surface area contributed by atoms with Crippen molar-refractivity contribution < 1.29 is 19.6 Å². The van der Waals surface area contributed by atoms with E-state index in [1.165, 1.54) is 4.90 Å². The minimum Gasteiger partial charge on any atom is -0.324 e. The molecule has 0 saturated heterocycles. The summed E-state index contributed by atoms with van der Waals surface area (Å²) in [6.45, 7) is 2.06. The maximum atomic E-state index is 13.5. The molecule has 8 nitrogen and oxygen atoms in total. The zero-order valence-corrected chi connectivity index (χ0v) is 17.4. The summed E-state index contributed by atoms with van der Waals surface area (Å²) in [6.07, 6.45) is 1.91. The minimum atomic E-state index is -0.773. The number of rotatable bonds is 5. The summed E-state index contributed by atoms with van der Waals surface area (Å²) in [7, 11) is 0. The molecule has 2 heterocycles. The Labute approximate surface area is 184 Å². The third kappa shape index (κ3) is 4.35. The Balaban J connectivity index is 1.71. The molecule has 3 N–H and O–H groups in total. The van der Waals surface area contributed by atoms with Crippen molar-refractivity contribution in [1.29, 1.82) is 0 Å². The average Bonchev–Trinajstić information content (AvgIpc) is 2.89. The van der Waals surface area contributed by atoms with Crippen molar-refractivity contribution in [3.8, 4) is 0 Å². The van der Waals surface area contributed by atoms with Crippen LogP contribution >= 0.6 is 0 Å². The van der Waals surface area contributed by atoms with Gasteiger partial charge in [-0.2, -0.15) is 0 Å². The summed E-state index contributed by atoms with van der Waals surface area (Å²) >= 11 is 0. The maximum absolute atomic E-state index is 13.5. The molecule has 1 aliphatic rings. The van der Waals surface area contributed by atoms with Crippen LogP contribution < -0.4 is 10.8 Å². The van der Waals surface area contributed by atoms with Gasteiger partial charge in [-0.3, -0.25) is 24.6 Å². The number of fused-ring (bicyclic) bond motifs is 1. The quantitative estimate of drug-likeness (QED) is 0.426. The number of benzene rings is 2. The number of anilines is 1. The number of hydroxylamine groups is 1. The molecule has 3 amide bonds. The fraction of sp³-hybridized carbons (Fsp3) is 0.167. The number of carbonyl (C=O) groups excluding carboxylic acids is 3. The third-order valence-electron chi connectivity index (χ3n) is 5.40. The van der Waals surface area contributed by atoms with Gasteiger partial charge in [0.05, 0.1) is 11.3 Å². The Morgan fingerprint density at radius 1 is 1.12 bits per heavy atom. The Bertz CT molecular complexity index is 1160. The molecule has 1 aliphatic heterocycles. The van der Waals surface area contributed by atoms with Gasteiger partial charge in [0.25, 0.3) is 11.8 Å². The third-order valence-corrected chi connectivity index (χ3v) is 5.40. The second-order valence-electron chi connectivity index (χ2n) is 7.65. The maximum Gasteiger partial charge on any atom is 0.274 e. The van der Waals surface area contributed by atoms with E-state index in [0.29, 0.717) is 16.9 Å². The van der Waals surface area contributed by atoms with Gasteiger partial charge < -0.3 is 10.2 Å². The van der Waals surface area contributed by atoms with E-state index in [9.17, 15) is 14.4 Å². The van der Waals surface area contributed by atoms with Crippen LogP contribution in [0.15, 0.2) is 66.9 Å². The summed E-state index contributed by atoms with van der Waals surface area (Å²) in [4.78, 5) is 44.2. The topological polar surface area (TPSA) is 112 Å². The van der Waals surface area contributed by atoms with Crippen LogP contribution in [0.25, 0.3) is 0 Å². The van der Waals surface area contributed by atoms with E-state index >= 15 is 0 Å². The standard InChI is InChI=1S/C24H22N4O4/c1-15-5-10-19-20(12-15)26-23(30)21(13-18-4-2-3-11-25-18)28(24(19)31)14-16-6-8-17(9-7-16)22(29)27-32/h2-12,21,32H,13-14H2,1H3,(H,26,30)(H,27,29)/t21-/m1/s1. The molecule has 8 heteroatoms. The van der Waals surface area contributed by atoms with Gasteiger partial charge in [0.15, 0.2) is 0 Å². The van der Waals surface area contributed by atoms with Crippen molar-refractivity contribution in [2.45, 2.75) is 25.9 Å². The first-order valence-electron chi connectivity index (χ1n) is 10.1. The molecule has 0 radical (unpaired) electrons. The molecule has 1 atom stereocenters. The molecule has 0 spiro atoms. The number of nitrogens with one attached hydrogen (secondary N) is 2. The van der Waals surface area contributed by atoms with Gasteiger partial charge in [0.1, 0.15) is 6.04 Å². The predicted octanol–water partition coefficient (Wildman–Crippen LogP) is 2.71. The number of hydrogen-bond acceptors (Lipinski definition) is 5. The molecule has 32 heavy (non-hydrogen) atoms. The summed E-state index contributed by atoms with van der Waals surface area (Å²) in [5, 5.41) is 11.7. The number of aromatic nitrogens is 1. The van der Waals surface area contributed by atoms with Crippen molar-refractivity contribution in [3.63, 3.8) is 0 Å². The molecule has 3 aromatic rings. The molecule has 4 rings (SSSR count). The lowest BCUT2D eigenvalue weighted by Crippen LogP contribution is -2.46. The van der Waals surface area contributed by atoms with Gasteiger partial charge in [0.2, 0.25) is 5.91 Å². The van der Waals surface area contributed by atoms with Gasteiger partial charge in [-0.25, -0.2) is 5.48 Å². The molecule has 0 unspecified atom stereocenters. The molecule has 0 fully saturated rings. The highest BCUT2D eigenvalue weighted by Gasteiger charge is 2.35. The number of hydrogen-bond donors (Lipinski definition) is 3. The lowest BCUT2D eigenvalue weighted by atomic mass is 10.0. The molecule has 0 bridgehead atoms. The molecule has 2 aromatic carbocycles. The monoisotopic (exact) mass is 430 g/mol. The molecule has 0 saturated carbocycles. The van der Waals surface area contributed by atoms with Crippen LogP contribution in [0.5, 0.6) is 0 Å². The first kappa shape index (κ1) is 21.2. The van der Waals surface area contributed by atoms with Crippen molar-refractivity contribution in [3.05, 3.63) is 94.8 Å². The molecular weight excluding hydrogens is 408 g/mol. The van der Waals surface area contributed by atoms with E-state index in [4.69, 9.17) is 5.21 Å². The Morgan fingerprint density at radius 3 is 2.59 bits per heavy atom. The Kier molecular flexibility index (Phi) is 5.96. The minimum absolute atomic E-state index is 0.165. The van der Waals surface area contributed by atoms with Crippen LogP contribution in [-0.4, -0.2) is 38.9 Å². The number of aryl methyl sites for hydroxylation is 1. The van der Waals surface area contributed by atoms with Crippen molar-refractivity contribution in [2.75, 3.05) is 5.32 Å². The molecular formula is C24H22N4O4. The highest BCUT2D eigenvalue weighted by atomic mass is 16.5. The van der Waals surface area contributed by atoms with Crippen molar-refractivity contribution in [1.82, 2.24) is 15.4 Å². The van der Waals surface area contributed by atoms with E-state index in [0.717, 1.165) is 11.1 Å². The largest absolute Gasteiger partial charge is 0.324 e. The lowest BCUT2D eigenvalue weighted by Gasteiger charge is -2.28. The van der Waals surface area contributed by atoms with E-state index in [2.05, 4.69) is 10.3 Å². The van der Waals surface area contributed by atoms with Crippen LogP contribution in [0.3, 0.4) is 0 Å². The molecule has 1 aromatic heterocycles. The van der Waals surface area contributed by atoms with Crippen molar-refractivity contribution in [2.24, 2.45) is 0 Å². The second-order valence-corrected chi connectivity index (χ2v) is 7.65. The molecule has 0 aliphatic carbocycles. The number of pyridine rings is 1. The second kappa shape index (κ2) is 8.99. The van der Waals surface area contributed by atoms with Crippen LogP contribution in [0, 0.1) is 6.92 Å². The Hall–Kier alpha value is -4.04. The fourth-order valence-electron chi connectivity index (χ4n) is 3.73. The summed E-state index contributed by atoms with van der Waals surface area (Å²) in [5.74, 6) is -1.18. The zero-order valence-electron chi connectivity index (χ0n) is 17.4. The van der Waals surface area contributed by atoms with E-state index in [1.807, 2.05) is 25.1 Å². The zero-order chi connectivity index (χ0) is 22.7. The highest BCUT2D eigenvalue weighted by molar-refractivity contribution is 6.10. The van der Waals surface area contributed by atoms with E-state index in [1.54, 1.807) is 54.1 Å². The van der Waals surface area contributed by atoms with E-state index < -0.39 is 11.9 Å². The van der Waals surface area contributed by atoms with Crippen LogP contribution in [0.2, 0.25) is 0 Å². The Morgan fingerprint density at radius 2 is 1.91 bits per heavy atom. The summed E-state index contributed by atoms with van der Waals surface area (Å²) in [5.41, 5.74) is 5.15. The first-order chi connectivity index (χ1) is 15.5. The van der Waals surface area contributed by atoms with E-state index in [-0.39, 0.29) is 30.3 Å². The van der Waals surface area contributed by atoms with Gasteiger partial charge >= 0.3 is 0 Å². The first-order valence-corrected chi connectivity index (χ1v) is 10.1. The molecule has 162 valence electrons. The van der Waals surface area contributed by atoms with Crippen molar-refractivity contribution >= 4 is 23.4 Å². The summed E-state index contributed by atoms with van der Waals surface area (Å²) in [6, 6.07) is 16.5. The normalized spacial score (nSPS) is 15.6. The average molecular weight is 430 g/mol. The SMILES string of the molecule is Cc1ccc2c(c1)NC(=O)[C@@H](Cc1ccccn1)N(Cc1ccc(C(=O)NO)cc1)C2=O. The smallest absolute Gasteiger partial charge is 0.274 e. The fourth-order valence-corrected chi connectivity index (χ4v) is 3.73. The lowest BCUT2D eigenvalue weighted by molar-refractivity contribution is -0.120. The van der Waals surface area contributed by atoms with Gasteiger partial charge in [-0.1, -0.05) is 24.3 Å². The van der Waals surface area contributed by atoms with Gasteiger partial charge in [-0.05, 0) is 54.4 Å². The number of amides is 3. The number of carbonyl (C=O) groups is 3. The highest BCUT2D eigenvalue weighted by Crippen LogP contribution is 2.27. The summed E-state index contributed by atoms with van der Waals surface area (Å²) < 4.78 is 0. The van der Waals surface area contributed by atoms with Crippen LogP contribution in [0.4, 0.5) is 5.69 Å². The predicted molar refractivity (Wildman–Crippen MR) is 117 cm³/mol.